The summed E-state index contributed by atoms with van der Waals surface area (Å²) in [5.41, 5.74) is 1.91. The van der Waals surface area contributed by atoms with E-state index in [0.29, 0.717) is 5.82 Å². The summed E-state index contributed by atoms with van der Waals surface area (Å²) in [5.74, 6) is 1.46. The topological polar surface area (TPSA) is 85.5 Å². The van der Waals surface area contributed by atoms with Gasteiger partial charge in [0.15, 0.2) is 5.82 Å². The highest BCUT2D eigenvalue weighted by Crippen LogP contribution is 2.58. The highest BCUT2D eigenvalue weighted by atomic mass is 16.5. The lowest BCUT2D eigenvalue weighted by Crippen LogP contribution is -2.51. The van der Waals surface area contributed by atoms with Crippen LogP contribution in [-0.4, -0.2) is 35.7 Å². The van der Waals surface area contributed by atoms with Gasteiger partial charge in [-0.25, -0.2) is 4.79 Å². The minimum atomic E-state index is -0.390. The fourth-order valence-electron chi connectivity index (χ4n) is 6.56. The SMILES string of the molecule is COC(=O)/C=C/c1cccc(N(CC23CCC(c4nc(C)no4)(CC2)CC3)C(=O)C2CCCCC2)c1. The molecule has 7 heteroatoms. The normalized spacial score (nSPS) is 26.3. The number of ether oxygens (including phenoxy) is 1. The van der Waals surface area contributed by atoms with E-state index in [0.717, 1.165) is 87.9 Å². The molecule has 1 aromatic heterocycles. The first kappa shape index (κ1) is 24.7. The van der Waals surface area contributed by atoms with Crippen molar-refractivity contribution in [1.29, 1.82) is 0 Å². The van der Waals surface area contributed by atoms with E-state index in [9.17, 15) is 9.59 Å². The van der Waals surface area contributed by atoms with E-state index < -0.39 is 5.97 Å². The van der Waals surface area contributed by atoms with E-state index in [2.05, 4.69) is 15.0 Å². The maximum atomic E-state index is 14.0. The number of fused-ring (bicyclic) bond motifs is 3. The van der Waals surface area contributed by atoms with E-state index in [1.807, 2.05) is 31.2 Å². The standard InChI is InChI=1S/C29H37N3O4/c1-21-30-27(36-31-21)29-16-13-28(14-17-29,15-18-29)20-32(26(34)23-8-4-3-5-9-23)24-10-6-7-22(19-24)11-12-25(33)35-2/h6-7,10-12,19,23H,3-5,8-9,13-18,20H2,1-2H3/b12-11+. The summed E-state index contributed by atoms with van der Waals surface area (Å²) in [7, 11) is 1.37. The third-order valence-corrected chi connectivity index (χ3v) is 8.89. The van der Waals surface area contributed by atoms with Crippen LogP contribution in [0.4, 0.5) is 5.69 Å². The second-order valence-corrected chi connectivity index (χ2v) is 11.1. The van der Waals surface area contributed by atoms with Crippen molar-refractivity contribution >= 4 is 23.6 Å². The molecular weight excluding hydrogens is 454 g/mol. The Balaban J connectivity index is 1.39. The molecule has 36 heavy (non-hydrogen) atoms. The molecule has 6 rings (SSSR count). The molecule has 0 unspecified atom stereocenters. The molecule has 0 saturated heterocycles. The van der Waals surface area contributed by atoms with Crippen LogP contribution in [0, 0.1) is 18.3 Å². The second kappa shape index (κ2) is 10.2. The fraction of sp³-hybridized carbons (Fsp3) is 0.586. The van der Waals surface area contributed by atoms with Gasteiger partial charge >= 0.3 is 5.97 Å². The minimum Gasteiger partial charge on any atom is -0.466 e. The molecule has 0 radical (unpaired) electrons. The van der Waals surface area contributed by atoms with Gasteiger partial charge in [0.05, 0.1) is 7.11 Å². The summed E-state index contributed by atoms with van der Waals surface area (Å²) in [4.78, 5) is 32.2. The summed E-state index contributed by atoms with van der Waals surface area (Å²) in [6.45, 7) is 2.62. The number of carbonyl (C=O) groups is 2. The van der Waals surface area contributed by atoms with E-state index in [-0.39, 0.29) is 22.7 Å². The lowest BCUT2D eigenvalue weighted by molar-refractivity contribution is -0.134. The van der Waals surface area contributed by atoms with E-state index >= 15 is 0 Å². The molecule has 4 aliphatic rings. The molecule has 1 heterocycles. The Morgan fingerprint density at radius 2 is 1.83 bits per heavy atom. The van der Waals surface area contributed by atoms with E-state index in [1.165, 1.54) is 19.6 Å². The molecule has 0 atom stereocenters. The molecule has 4 aliphatic carbocycles. The van der Waals surface area contributed by atoms with E-state index in [1.54, 1.807) is 6.08 Å². The van der Waals surface area contributed by atoms with Gasteiger partial charge in [0.1, 0.15) is 0 Å². The van der Waals surface area contributed by atoms with Crippen molar-refractivity contribution < 1.29 is 18.8 Å². The van der Waals surface area contributed by atoms with E-state index in [4.69, 9.17) is 9.26 Å². The molecule has 0 N–H and O–H groups in total. The maximum absolute atomic E-state index is 14.0. The third kappa shape index (κ3) is 4.97. The summed E-state index contributed by atoms with van der Waals surface area (Å²) < 4.78 is 10.4. The van der Waals surface area contributed by atoms with Crippen molar-refractivity contribution in [3.05, 3.63) is 47.6 Å². The molecule has 1 aromatic carbocycles. The number of esters is 1. The Kier molecular flexibility index (Phi) is 7.00. The molecular formula is C29H37N3O4. The molecule has 4 fully saturated rings. The number of hydrogen-bond donors (Lipinski definition) is 0. The first-order valence-electron chi connectivity index (χ1n) is 13.4. The molecule has 1 amide bonds. The average molecular weight is 492 g/mol. The van der Waals surface area contributed by atoms with Gasteiger partial charge in [-0.2, -0.15) is 4.98 Å². The zero-order chi connectivity index (χ0) is 25.2. The van der Waals surface area contributed by atoms with Crippen LogP contribution in [0.25, 0.3) is 6.08 Å². The lowest BCUT2D eigenvalue weighted by atomic mass is 9.53. The molecule has 0 spiro atoms. The Bertz CT molecular complexity index is 1110. The fourth-order valence-corrected chi connectivity index (χ4v) is 6.56. The lowest BCUT2D eigenvalue weighted by Gasteiger charge is -2.53. The summed E-state index contributed by atoms with van der Waals surface area (Å²) in [5, 5.41) is 4.05. The van der Waals surface area contributed by atoms with Gasteiger partial charge in [-0.3, -0.25) is 4.79 Å². The number of hydrogen-bond acceptors (Lipinski definition) is 6. The van der Waals surface area contributed by atoms with Gasteiger partial charge < -0.3 is 14.2 Å². The van der Waals surface area contributed by atoms with Gasteiger partial charge in [-0.15, -0.1) is 0 Å². The monoisotopic (exact) mass is 491 g/mol. The quantitative estimate of drug-likeness (QED) is 0.361. The Morgan fingerprint density at radius 1 is 1.11 bits per heavy atom. The van der Waals surface area contributed by atoms with Crippen LogP contribution < -0.4 is 4.90 Å². The predicted molar refractivity (Wildman–Crippen MR) is 137 cm³/mol. The molecule has 0 aliphatic heterocycles. The first-order valence-corrected chi connectivity index (χ1v) is 13.4. The van der Waals surface area contributed by atoms with Gasteiger partial charge in [0.25, 0.3) is 0 Å². The zero-order valence-electron chi connectivity index (χ0n) is 21.5. The van der Waals surface area contributed by atoms with Crippen LogP contribution >= 0.6 is 0 Å². The highest BCUT2D eigenvalue weighted by Gasteiger charge is 2.53. The molecule has 2 aromatic rings. The van der Waals surface area contributed by atoms with Crippen LogP contribution in [0.15, 0.2) is 34.9 Å². The summed E-state index contributed by atoms with van der Waals surface area (Å²) >= 11 is 0. The van der Waals surface area contributed by atoms with Crippen molar-refractivity contribution in [2.45, 2.75) is 83.0 Å². The van der Waals surface area contributed by atoms with Crippen molar-refractivity contribution in [2.75, 3.05) is 18.6 Å². The smallest absolute Gasteiger partial charge is 0.330 e. The zero-order valence-corrected chi connectivity index (χ0v) is 21.5. The number of carbonyl (C=O) groups excluding carboxylic acids is 2. The summed E-state index contributed by atoms with van der Waals surface area (Å²) in [6, 6.07) is 7.97. The van der Waals surface area contributed by atoms with Crippen molar-refractivity contribution in [1.82, 2.24) is 10.1 Å². The Hall–Kier alpha value is -2.96. The van der Waals surface area contributed by atoms with Gasteiger partial charge in [0, 0.05) is 29.6 Å². The van der Waals surface area contributed by atoms with Crippen molar-refractivity contribution in [2.24, 2.45) is 11.3 Å². The number of methoxy groups -OCH3 is 1. The van der Waals surface area contributed by atoms with Crippen molar-refractivity contribution in [3.63, 3.8) is 0 Å². The van der Waals surface area contributed by atoms with Gasteiger partial charge in [-0.1, -0.05) is 36.6 Å². The largest absolute Gasteiger partial charge is 0.466 e. The molecule has 7 nitrogen and oxygen atoms in total. The Morgan fingerprint density at radius 3 is 2.47 bits per heavy atom. The number of anilines is 1. The predicted octanol–water partition coefficient (Wildman–Crippen LogP) is 5.77. The number of nitrogens with zero attached hydrogens (tertiary/aromatic N) is 3. The molecule has 4 saturated carbocycles. The molecule has 2 bridgehead atoms. The average Bonchev–Trinajstić information content (AvgIpc) is 3.39. The Labute approximate surface area is 213 Å². The second-order valence-electron chi connectivity index (χ2n) is 11.1. The third-order valence-electron chi connectivity index (χ3n) is 8.89. The first-order chi connectivity index (χ1) is 17.4. The summed E-state index contributed by atoms with van der Waals surface area (Å²) in [6.07, 6.45) is 14.9. The van der Waals surface area contributed by atoms with Crippen LogP contribution in [0.3, 0.4) is 0 Å². The van der Waals surface area contributed by atoms with Crippen molar-refractivity contribution in [3.8, 4) is 0 Å². The van der Waals surface area contributed by atoms with Crippen LogP contribution in [0.2, 0.25) is 0 Å². The number of rotatable bonds is 7. The van der Waals surface area contributed by atoms with Crippen LogP contribution in [-0.2, 0) is 19.7 Å². The van der Waals surface area contributed by atoms with Crippen LogP contribution in [0.5, 0.6) is 0 Å². The highest BCUT2D eigenvalue weighted by molar-refractivity contribution is 5.95. The van der Waals surface area contributed by atoms with Gasteiger partial charge in [0.2, 0.25) is 11.8 Å². The maximum Gasteiger partial charge on any atom is 0.330 e. The molecule has 192 valence electrons. The number of aromatic nitrogens is 2. The number of amides is 1. The van der Waals surface area contributed by atoms with Crippen LogP contribution in [0.1, 0.15) is 87.9 Å². The van der Waals surface area contributed by atoms with Gasteiger partial charge in [-0.05, 0) is 87.5 Å². The number of benzene rings is 1. The number of aryl methyl sites for hydroxylation is 1. The minimum absolute atomic E-state index is 0.000183.